The molecule has 1 aromatic carbocycles. The van der Waals surface area contributed by atoms with Crippen LogP contribution in [0, 0.1) is 0 Å². The minimum Gasteiger partial charge on any atom is -0.353 e. The molecule has 5 heteroatoms. The van der Waals surface area contributed by atoms with Crippen LogP contribution in [0.25, 0.3) is 0 Å². The van der Waals surface area contributed by atoms with E-state index in [1.54, 1.807) is 6.20 Å². The van der Waals surface area contributed by atoms with Gasteiger partial charge in [-0.2, -0.15) is 5.10 Å². The van der Waals surface area contributed by atoms with Crippen LogP contribution in [0.2, 0.25) is 0 Å². The highest BCUT2D eigenvalue weighted by molar-refractivity contribution is 5.80. The summed E-state index contributed by atoms with van der Waals surface area (Å²) < 4.78 is 1.93. The topological polar surface area (TPSA) is 54.2 Å². The Balaban J connectivity index is 1.54. The maximum Gasteiger partial charge on any atom is 0.191 e. The van der Waals surface area contributed by atoms with E-state index in [0.29, 0.717) is 6.04 Å². The highest BCUT2D eigenvalue weighted by Crippen LogP contribution is 2.09. The molecule has 0 fully saturated rings. The zero-order valence-electron chi connectivity index (χ0n) is 13.4. The van der Waals surface area contributed by atoms with Gasteiger partial charge in [0, 0.05) is 32.0 Å². The quantitative estimate of drug-likeness (QED) is 0.506. The summed E-state index contributed by atoms with van der Waals surface area (Å²) >= 11 is 0. The molecule has 0 radical (unpaired) electrons. The van der Waals surface area contributed by atoms with Gasteiger partial charge in [-0.25, -0.2) is 0 Å². The Labute approximate surface area is 137 Å². The molecular formula is C18H23N5. The fourth-order valence-corrected chi connectivity index (χ4v) is 2.73. The summed E-state index contributed by atoms with van der Waals surface area (Å²) in [6.45, 7) is 1.55. The standard InChI is InChI=1S/C18H23N5/c1-19-18(22-17-8-2-3-9-17)20-13-15-6-4-7-16(12-15)14-23-11-5-10-21-23/h2-7,10-12,17H,8-9,13-14H2,1H3,(H2,19,20,22). The third-order valence-corrected chi connectivity index (χ3v) is 3.93. The molecule has 0 saturated heterocycles. The Morgan fingerprint density at radius 3 is 2.83 bits per heavy atom. The van der Waals surface area contributed by atoms with Crippen LogP contribution in [0.5, 0.6) is 0 Å². The van der Waals surface area contributed by atoms with Gasteiger partial charge in [0.25, 0.3) is 0 Å². The number of benzene rings is 1. The molecular weight excluding hydrogens is 286 g/mol. The smallest absolute Gasteiger partial charge is 0.191 e. The first-order valence-corrected chi connectivity index (χ1v) is 8.01. The maximum absolute atomic E-state index is 4.30. The lowest BCUT2D eigenvalue weighted by molar-refractivity contribution is 0.632. The first-order valence-electron chi connectivity index (χ1n) is 8.01. The zero-order chi connectivity index (χ0) is 15.9. The summed E-state index contributed by atoms with van der Waals surface area (Å²) in [7, 11) is 1.81. The number of hydrogen-bond acceptors (Lipinski definition) is 2. The molecule has 120 valence electrons. The van der Waals surface area contributed by atoms with Gasteiger partial charge in [-0.05, 0) is 30.0 Å². The number of hydrogen-bond donors (Lipinski definition) is 2. The third kappa shape index (κ3) is 4.45. The lowest BCUT2D eigenvalue weighted by Crippen LogP contribution is -2.42. The van der Waals surface area contributed by atoms with E-state index in [-0.39, 0.29) is 0 Å². The van der Waals surface area contributed by atoms with Crippen LogP contribution in [0.15, 0.2) is 59.9 Å². The van der Waals surface area contributed by atoms with Crippen molar-refractivity contribution in [3.63, 3.8) is 0 Å². The summed E-state index contributed by atoms with van der Waals surface area (Å²) in [4.78, 5) is 4.30. The number of nitrogens with zero attached hydrogens (tertiary/aromatic N) is 3. The van der Waals surface area contributed by atoms with Crippen molar-refractivity contribution < 1.29 is 0 Å². The van der Waals surface area contributed by atoms with Crippen LogP contribution >= 0.6 is 0 Å². The van der Waals surface area contributed by atoms with Crippen LogP contribution in [0.1, 0.15) is 24.0 Å². The molecule has 0 saturated carbocycles. The van der Waals surface area contributed by atoms with Crippen molar-refractivity contribution in [2.45, 2.75) is 32.0 Å². The van der Waals surface area contributed by atoms with Crippen LogP contribution in [-0.4, -0.2) is 28.8 Å². The van der Waals surface area contributed by atoms with Gasteiger partial charge in [0.2, 0.25) is 0 Å². The number of nitrogens with one attached hydrogen (secondary N) is 2. The van der Waals surface area contributed by atoms with Crippen molar-refractivity contribution in [2.75, 3.05) is 7.05 Å². The first-order chi connectivity index (χ1) is 11.3. The summed E-state index contributed by atoms with van der Waals surface area (Å²) in [5.41, 5.74) is 2.48. The minimum absolute atomic E-state index is 0.465. The molecule has 0 unspecified atom stereocenters. The maximum atomic E-state index is 4.30. The van der Waals surface area contributed by atoms with Crippen molar-refractivity contribution in [1.29, 1.82) is 0 Å². The molecule has 2 N–H and O–H groups in total. The molecule has 1 aromatic heterocycles. The van der Waals surface area contributed by atoms with Crippen LogP contribution in [0.4, 0.5) is 0 Å². The van der Waals surface area contributed by atoms with E-state index in [1.165, 1.54) is 11.1 Å². The number of guanidine groups is 1. The van der Waals surface area contributed by atoms with Gasteiger partial charge in [-0.15, -0.1) is 0 Å². The van der Waals surface area contributed by atoms with Gasteiger partial charge >= 0.3 is 0 Å². The molecule has 0 bridgehead atoms. The SMILES string of the molecule is CN=C(NCc1cccc(Cn2cccn2)c1)NC1CC=CC1. The average molecular weight is 309 g/mol. The molecule has 1 heterocycles. The van der Waals surface area contributed by atoms with Crippen molar-refractivity contribution in [1.82, 2.24) is 20.4 Å². The highest BCUT2D eigenvalue weighted by atomic mass is 15.3. The predicted molar refractivity (Wildman–Crippen MR) is 93.3 cm³/mol. The van der Waals surface area contributed by atoms with Crippen LogP contribution in [0.3, 0.4) is 0 Å². The third-order valence-electron chi connectivity index (χ3n) is 3.93. The monoisotopic (exact) mass is 309 g/mol. The summed E-state index contributed by atoms with van der Waals surface area (Å²) in [6, 6.07) is 11.0. The molecule has 23 heavy (non-hydrogen) atoms. The highest BCUT2D eigenvalue weighted by Gasteiger charge is 2.11. The molecule has 2 aromatic rings. The van der Waals surface area contributed by atoms with Gasteiger partial charge in [0.1, 0.15) is 0 Å². The molecule has 1 aliphatic rings. The van der Waals surface area contributed by atoms with Crippen LogP contribution in [-0.2, 0) is 13.1 Å². The Hall–Kier alpha value is -2.56. The Kier molecular flexibility index (Phi) is 5.09. The van der Waals surface area contributed by atoms with E-state index in [2.05, 4.69) is 57.1 Å². The molecule has 0 aliphatic heterocycles. The second-order valence-corrected chi connectivity index (χ2v) is 5.73. The number of aromatic nitrogens is 2. The van der Waals surface area contributed by atoms with E-state index in [4.69, 9.17) is 0 Å². The van der Waals surface area contributed by atoms with Crippen molar-refractivity contribution in [2.24, 2.45) is 4.99 Å². The molecule has 0 atom stereocenters. The predicted octanol–water partition coefficient (Wildman–Crippen LogP) is 2.32. The van der Waals surface area contributed by atoms with Crippen molar-refractivity contribution in [3.05, 3.63) is 66.0 Å². The lowest BCUT2D eigenvalue weighted by atomic mass is 10.1. The normalized spacial score (nSPS) is 15.1. The summed E-state index contributed by atoms with van der Waals surface area (Å²) in [5.74, 6) is 0.858. The molecule has 1 aliphatic carbocycles. The van der Waals surface area contributed by atoms with Crippen molar-refractivity contribution in [3.8, 4) is 0 Å². The minimum atomic E-state index is 0.465. The van der Waals surface area contributed by atoms with E-state index >= 15 is 0 Å². The van der Waals surface area contributed by atoms with E-state index < -0.39 is 0 Å². The van der Waals surface area contributed by atoms with E-state index in [9.17, 15) is 0 Å². The largest absolute Gasteiger partial charge is 0.353 e. The fourth-order valence-electron chi connectivity index (χ4n) is 2.73. The summed E-state index contributed by atoms with van der Waals surface area (Å²) in [5, 5.41) is 11.1. The number of rotatable bonds is 5. The summed E-state index contributed by atoms with van der Waals surface area (Å²) in [6.07, 6.45) is 10.3. The van der Waals surface area contributed by atoms with E-state index in [1.807, 2.05) is 24.0 Å². The van der Waals surface area contributed by atoms with Crippen molar-refractivity contribution >= 4 is 5.96 Å². The van der Waals surface area contributed by atoms with Gasteiger partial charge in [0.15, 0.2) is 5.96 Å². The fraction of sp³-hybridized carbons (Fsp3) is 0.333. The second-order valence-electron chi connectivity index (χ2n) is 5.73. The molecule has 3 rings (SSSR count). The van der Waals surface area contributed by atoms with Gasteiger partial charge < -0.3 is 10.6 Å². The van der Waals surface area contributed by atoms with Crippen LogP contribution < -0.4 is 10.6 Å². The van der Waals surface area contributed by atoms with Gasteiger partial charge in [-0.1, -0.05) is 36.4 Å². The molecule has 5 nitrogen and oxygen atoms in total. The zero-order valence-corrected chi connectivity index (χ0v) is 13.4. The Bertz CT molecular complexity index is 664. The Morgan fingerprint density at radius 1 is 1.26 bits per heavy atom. The van der Waals surface area contributed by atoms with E-state index in [0.717, 1.165) is 31.9 Å². The average Bonchev–Trinajstić information content (AvgIpc) is 3.25. The second kappa shape index (κ2) is 7.63. The van der Waals surface area contributed by atoms with Gasteiger partial charge in [0.05, 0.1) is 6.54 Å². The Morgan fingerprint density at radius 2 is 2.09 bits per heavy atom. The molecule has 0 spiro atoms. The lowest BCUT2D eigenvalue weighted by Gasteiger charge is -2.17. The van der Waals surface area contributed by atoms with Gasteiger partial charge in [-0.3, -0.25) is 9.67 Å². The first kappa shape index (κ1) is 15.3. The number of aliphatic imine (C=N–C) groups is 1. The molecule has 0 amide bonds.